The molecule has 2 N–H and O–H groups in total. The van der Waals surface area contributed by atoms with Crippen molar-refractivity contribution in [3.05, 3.63) is 47.0 Å². The van der Waals surface area contributed by atoms with Crippen LogP contribution in [0.5, 0.6) is 23.0 Å². The zero-order chi connectivity index (χ0) is 17.8. The summed E-state index contributed by atoms with van der Waals surface area (Å²) in [5.74, 6) is 0.925. The topological polar surface area (TPSA) is 76.0 Å². The summed E-state index contributed by atoms with van der Waals surface area (Å²) in [5, 5.41) is 19.8. The third-order valence-electron chi connectivity index (χ3n) is 4.86. The molecule has 2 heterocycles. The molecule has 2 aromatic carbocycles. The number of ether oxygens (including phenoxy) is 2. The van der Waals surface area contributed by atoms with Gasteiger partial charge in [0.05, 0.1) is 6.42 Å². The highest BCUT2D eigenvalue weighted by molar-refractivity contribution is 6.03. The van der Waals surface area contributed by atoms with Crippen LogP contribution in [-0.2, 0) is 6.42 Å². The minimum Gasteiger partial charge on any atom is -0.508 e. The molecule has 0 aliphatic carbocycles. The number of benzene rings is 2. The van der Waals surface area contributed by atoms with E-state index in [4.69, 9.17) is 9.47 Å². The highest BCUT2D eigenvalue weighted by Gasteiger charge is 2.37. The van der Waals surface area contributed by atoms with Gasteiger partial charge in [-0.25, -0.2) is 0 Å². The lowest BCUT2D eigenvalue weighted by Crippen LogP contribution is -2.33. The van der Waals surface area contributed by atoms with E-state index in [9.17, 15) is 15.0 Å². The lowest BCUT2D eigenvalue weighted by atomic mass is 9.88. The first-order chi connectivity index (χ1) is 11.8. The van der Waals surface area contributed by atoms with E-state index in [1.165, 1.54) is 6.07 Å². The van der Waals surface area contributed by atoms with Gasteiger partial charge in [0.1, 0.15) is 40.3 Å². The second-order valence-corrected chi connectivity index (χ2v) is 7.26. The Bertz CT molecular complexity index is 851. The van der Waals surface area contributed by atoms with E-state index in [1.807, 2.05) is 13.8 Å². The Labute approximate surface area is 145 Å². The Hall–Kier alpha value is -2.69. The van der Waals surface area contributed by atoms with Gasteiger partial charge in [-0.3, -0.25) is 4.79 Å². The molecule has 5 nitrogen and oxygen atoms in total. The average molecular weight is 340 g/mol. The second kappa shape index (κ2) is 5.41. The lowest BCUT2D eigenvalue weighted by molar-refractivity contribution is 0.0759. The Morgan fingerprint density at radius 1 is 1.16 bits per heavy atom. The van der Waals surface area contributed by atoms with Crippen molar-refractivity contribution in [2.45, 2.75) is 44.8 Å². The molecule has 0 spiro atoms. The maximum absolute atomic E-state index is 12.6. The van der Waals surface area contributed by atoms with Gasteiger partial charge in [-0.05, 0) is 44.4 Å². The van der Waals surface area contributed by atoms with Crippen LogP contribution in [-0.4, -0.2) is 21.6 Å². The molecule has 0 bridgehead atoms. The van der Waals surface area contributed by atoms with Gasteiger partial charge in [0, 0.05) is 11.6 Å². The molecule has 0 radical (unpaired) electrons. The first kappa shape index (κ1) is 15.8. The number of carbonyl (C=O) groups excluding carboxylic acids is 1. The molecule has 0 saturated carbocycles. The van der Waals surface area contributed by atoms with E-state index >= 15 is 0 Å². The van der Waals surface area contributed by atoms with Crippen LogP contribution in [0.4, 0.5) is 0 Å². The Kier molecular flexibility index (Phi) is 3.42. The van der Waals surface area contributed by atoms with Crippen molar-refractivity contribution in [2.24, 2.45) is 0 Å². The zero-order valence-corrected chi connectivity index (χ0v) is 14.2. The molecule has 2 aliphatic rings. The minimum absolute atomic E-state index is 0.0967. The van der Waals surface area contributed by atoms with E-state index in [-0.39, 0.29) is 34.9 Å². The zero-order valence-electron chi connectivity index (χ0n) is 14.2. The van der Waals surface area contributed by atoms with Crippen molar-refractivity contribution in [3.8, 4) is 23.0 Å². The quantitative estimate of drug-likeness (QED) is 0.823. The van der Waals surface area contributed by atoms with E-state index < -0.39 is 6.10 Å². The first-order valence-corrected chi connectivity index (χ1v) is 8.41. The number of rotatable bonds is 1. The van der Waals surface area contributed by atoms with Crippen LogP contribution in [0.3, 0.4) is 0 Å². The Balaban J connectivity index is 1.78. The highest BCUT2D eigenvalue weighted by Crippen LogP contribution is 2.48. The van der Waals surface area contributed by atoms with Crippen LogP contribution in [0.15, 0.2) is 30.3 Å². The van der Waals surface area contributed by atoms with Crippen LogP contribution >= 0.6 is 0 Å². The third-order valence-corrected chi connectivity index (χ3v) is 4.86. The van der Waals surface area contributed by atoms with Crippen molar-refractivity contribution >= 4 is 5.78 Å². The van der Waals surface area contributed by atoms with Crippen molar-refractivity contribution in [3.63, 3.8) is 0 Å². The molecule has 130 valence electrons. The van der Waals surface area contributed by atoms with Crippen LogP contribution in [0, 0.1) is 0 Å². The van der Waals surface area contributed by atoms with Gasteiger partial charge in [-0.2, -0.15) is 0 Å². The molecule has 5 heteroatoms. The number of hydrogen-bond donors (Lipinski definition) is 2. The maximum atomic E-state index is 12.6. The molecule has 2 aliphatic heterocycles. The van der Waals surface area contributed by atoms with Gasteiger partial charge in [-0.1, -0.05) is 12.1 Å². The lowest BCUT2D eigenvalue weighted by Gasteiger charge is -2.36. The van der Waals surface area contributed by atoms with Crippen molar-refractivity contribution in [2.75, 3.05) is 0 Å². The smallest absolute Gasteiger partial charge is 0.174 e. The van der Waals surface area contributed by atoms with Crippen LogP contribution in [0.2, 0.25) is 0 Å². The molecular formula is C20H20O5. The summed E-state index contributed by atoms with van der Waals surface area (Å²) in [6.45, 7) is 4.00. The van der Waals surface area contributed by atoms with Gasteiger partial charge >= 0.3 is 0 Å². The fourth-order valence-electron chi connectivity index (χ4n) is 3.49. The molecule has 1 atom stereocenters. The summed E-state index contributed by atoms with van der Waals surface area (Å²) in [6.07, 6.45) is 1.23. The SMILES string of the molecule is CC1(C)CCc2c(cc(O)c3c2O[C@H](c2ccc(O)cc2)CC3=O)O1. The number of hydrogen-bond acceptors (Lipinski definition) is 5. The van der Waals surface area contributed by atoms with Gasteiger partial charge in [0.2, 0.25) is 0 Å². The minimum atomic E-state index is -0.443. The number of Topliss-reactive ketones (excluding diaryl/α,β-unsaturated/α-hetero) is 1. The fourth-order valence-corrected chi connectivity index (χ4v) is 3.49. The van der Waals surface area contributed by atoms with Crippen LogP contribution < -0.4 is 9.47 Å². The second-order valence-electron chi connectivity index (χ2n) is 7.26. The molecular weight excluding hydrogens is 320 g/mol. The number of phenolic OH excluding ortho intramolecular Hbond substituents is 2. The Morgan fingerprint density at radius 2 is 1.88 bits per heavy atom. The van der Waals surface area contributed by atoms with Crippen molar-refractivity contribution < 1.29 is 24.5 Å². The van der Waals surface area contributed by atoms with Gasteiger partial charge < -0.3 is 19.7 Å². The van der Waals surface area contributed by atoms with E-state index in [2.05, 4.69) is 0 Å². The summed E-state index contributed by atoms with van der Waals surface area (Å²) in [4.78, 5) is 12.6. The molecule has 0 saturated heterocycles. The number of aromatic hydroxyl groups is 2. The Morgan fingerprint density at radius 3 is 2.60 bits per heavy atom. The largest absolute Gasteiger partial charge is 0.508 e. The normalized spacial score (nSPS) is 20.9. The summed E-state index contributed by atoms with van der Waals surface area (Å²) in [5.41, 5.74) is 1.58. The molecule has 0 amide bonds. The summed E-state index contributed by atoms with van der Waals surface area (Å²) in [7, 11) is 0. The summed E-state index contributed by atoms with van der Waals surface area (Å²) in [6, 6.07) is 8.15. The predicted molar refractivity (Wildman–Crippen MR) is 91.6 cm³/mol. The third kappa shape index (κ3) is 2.69. The predicted octanol–water partition coefficient (Wildman–Crippen LogP) is 3.91. The van der Waals surface area contributed by atoms with Gasteiger partial charge in [0.25, 0.3) is 0 Å². The van der Waals surface area contributed by atoms with Gasteiger partial charge in [-0.15, -0.1) is 0 Å². The van der Waals surface area contributed by atoms with Crippen LogP contribution in [0.1, 0.15) is 54.3 Å². The molecule has 25 heavy (non-hydrogen) atoms. The first-order valence-electron chi connectivity index (χ1n) is 8.41. The molecule has 4 rings (SSSR count). The monoisotopic (exact) mass is 340 g/mol. The standard InChI is InChI=1S/C20H20O5/c1-20(2)8-7-13-17(25-20)10-15(23)18-14(22)9-16(24-19(13)18)11-3-5-12(21)6-4-11/h3-6,10,16,21,23H,7-9H2,1-2H3/t16-/m0/s1. The van der Waals surface area contributed by atoms with Gasteiger partial charge in [0.15, 0.2) is 5.78 Å². The molecule has 0 unspecified atom stereocenters. The van der Waals surface area contributed by atoms with Crippen LogP contribution in [0.25, 0.3) is 0 Å². The molecule has 0 fully saturated rings. The van der Waals surface area contributed by atoms with E-state index in [0.29, 0.717) is 11.5 Å². The fraction of sp³-hybridized carbons (Fsp3) is 0.350. The maximum Gasteiger partial charge on any atom is 0.174 e. The molecule has 0 aromatic heterocycles. The number of fused-ring (bicyclic) bond motifs is 3. The van der Waals surface area contributed by atoms with E-state index in [1.54, 1.807) is 24.3 Å². The average Bonchev–Trinajstić information content (AvgIpc) is 2.53. The highest BCUT2D eigenvalue weighted by atomic mass is 16.5. The molecule has 2 aromatic rings. The van der Waals surface area contributed by atoms with Crippen molar-refractivity contribution in [1.82, 2.24) is 0 Å². The summed E-state index contributed by atoms with van der Waals surface area (Å²) < 4.78 is 12.1. The van der Waals surface area contributed by atoms with Crippen molar-refractivity contribution in [1.29, 1.82) is 0 Å². The number of phenols is 2. The number of carbonyl (C=O) groups is 1. The summed E-state index contributed by atoms with van der Waals surface area (Å²) >= 11 is 0. The number of ketones is 1. The van der Waals surface area contributed by atoms with E-state index in [0.717, 1.165) is 24.0 Å².